The zero-order valence-corrected chi connectivity index (χ0v) is 10.6. The number of benzene rings is 1. The minimum absolute atomic E-state index is 0.375. The van der Waals surface area contributed by atoms with Gasteiger partial charge in [0.15, 0.2) is 5.78 Å². The van der Waals surface area contributed by atoms with Crippen LogP contribution in [0.1, 0.15) is 36.8 Å². The zero-order valence-electron chi connectivity index (χ0n) is 9.05. The van der Waals surface area contributed by atoms with Gasteiger partial charge >= 0.3 is 0 Å². The van der Waals surface area contributed by atoms with Crippen molar-refractivity contribution in [3.63, 3.8) is 0 Å². The van der Waals surface area contributed by atoms with E-state index < -0.39 is 0 Å². The van der Waals surface area contributed by atoms with Crippen molar-refractivity contribution >= 4 is 27.3 Å². The number of carbonyl (C=O) groups excluding carboxylic acids is 1. The molecule has 0 fully saturated rings. The molecule has 0 amide bonds. The van der Waals surface area contributed by atoms with Gasteiger partial charge in [-0.15, -0.1) is 0 Å². The molecular weight excluding hydrogens is 264 g/mol. The Hall–Kier alpha value is -0.890. The summed E-state index contributed by atoms with van der Waals surface area (Å²) in [4.78, 5) is 12.0. The molecule has 0 N–H and O–H groups in total. The molecule has 0 unspecified atom stereocenters. The molecule has 2 aliphatic rings. The average molecular weight is 277 g/mol. The Morgan fingerprint density at radius 2 is 1.88 bits per heavy atom. The highest BCUT2D eigenvalue weighted by atomic mass is 79.9. The Balaban J connectivity index is 2.12. The highest BCUT2D eigenvalue weighted by Gasteiger charge is 2.27. The summed E-state index contributed by atoms with van der Waals surface area (Å²) >= 11 is 3.51. The van der Waals surface area contributed by atoms with Gasteiger partial charge in [0.2, 0.25) is 0 Å². The van der Waals surface area contributed by atoms with Crippen molar-refractivity contribution in [2.75, 3.05) is 0 Å². The highest BCUT2D eigenvalue weighted by Crippen LogP contribution is 2.40. The monoisotopic (exact) mass is 276 g/mol. The first-order valence-electron chi connectivity index (χ1n) is 5.80. The molecule has 0 saturated heterocycles. The lowest BCUT2D eigenvalue weighted by Crippen LogP contribution is -2.01. The largest absolute Gasteiger partial charge is 0.295 e. The van der Waals surface area contributed by atoms with Crippen LogP contribution in [0.4, 0.5) is 0 Å². The molecule has 0 radical (unpaired) electrons. The van der Waals surface area contributed by atoms with Gasteiger partial charge in [0.25, 0.3) is 0 Å². The van der Waals surface area contributed by atoms with Crippen molar-refractivity contribution in [1.82, 2.24) is 0 Å². The first-order chi connectivity index (χ1) is 7.75. The number of allylic oxidation sites excluding steroid dienone is 2. The van der Waals surface area contributed by atoms with E-state index in [-0.39, 0.29) is 0 Å². The van der Waals surface area contributed by atoms with Crippen LogP contribution in [0.2, 0.25) is 0 Å². The quantitative estimate of drug-likeness (QED) is 0.702. The highest BCUT2D eigenvalue weighted by molar-refractivity contribution is 9.10. The molecule has 3 rings (SSSR count). The number of carbonyl (C=O) groups is 1. The number of halogens is 1. The molecule has 0 bridgehead atoms. The molecule has 1 aromatic carbocycles. The third-order valence-electron chi connectivity index (χ3n) is 3.55. The fraction of sp³-hybridized carbons (Fsp3) is 0.357. The first kappa shape index (κ1) is 10.3. The van der Waals surface area contributed by atoms with Gasteiger partial charge in [-0.3, -0.25) is 4.79 Å². The summed E-state index contributed by atoms with van der Waals surface area (Å²) < 4.78 is 1.11. The molecule has 0 aromatic heterocycles. The molecule has 1 nitrogen and oxygen atoms in total. The predicted octanol–water partition coefficient (Wildman–Crippen LogP) is 3.90. The van der Waals surface area contributed by atoms with E-state index >= 15 is 0 Å². The fourth-order valence-corrected chi connectivity index (χ4v) is 3.10. The number of hydrogen-bond acceptors (Lipinski definition) is 1. The number of Topliss-reactive ketones (excluding diaryl/α,β-unsaturated/α-hetero) is 1. The van der Waals surface area contributed by atoms with Gasteiger partial charge in [-0.1, -0.05) is 22.0 Å². The van der Waals surface area contributed by atoms with E-state index in [0.29, 0.717) is 5.78 Å². The average Bonchev–Trinajstić information content (AvgIpc) is 2.52. The minimum Gasteiger partial charge on any atom is -0.295 e. The predicted molar refractivity (Wildman–Crippen MR) is 68.2 cm³/mol. The van der Waals surface area contributed by atoms with Crippen LogP contribution in [-0.2, 0) is 11.2 Å². The Labute approximate surface area is 104 Å². The Bertz CT molecular complexity index is 499. The summed E-state index contributed by atoms with van der Waals surface area (Å²) in [5.74, 6) is 0.375. The topological polar surface area (TPSA) is 17.1 Å². The van der Waals surface area contributed by atoms with Gasteiger partial charge in [0.1, 0.15) is 0 Å². The lowest BCUT2D eigenvalue weighted by molar-refractivity contribution is -0.115. The van der Waals surface area contributed by atoms with Gasteiger partial charge in [0.05, 0.1) is 0 Å². The molecule has 16 heavy (non-hydrogen) atoms. The molecule has 0 heterocycles. The lowest BCUT2D eigenvalue weighted by Gasteiger charge is -2.05. The maximum atomic E-state index is 12.0. The minimum atomic E-state index is 0.375. The van der Waals surface area contributed by atoms with Crippen LogP contribution in [0.5, 0.6) is 0 Å². The molecule has 0 atom stereocenters. The van der Waals surface area contributed by atoms with Gasteiger partial charge < -0.3 is 0 Å². The van der Waals surface area contributed by atoms with Crippen molar-refractivity contribution in [3.8, 4) is 0 Å². The first-order valence-corrected chi connectivity index (χ1v) is 6.59. The molecule has 2 aliphatic carbocycles. The molecule has 2 heteroatoms. The van der Waals surface area contributed by atoms with E-state index in [4.69, 9.17) is 0 Å². The van der Waals surface area contributed by atoms with Crippen LogP contribution < -0.4 is 0 Å². The van der Waals surface area contributed by atoms with Crippen LogP contribution in [0.15, 0.2) is 28.2 Å². The Morgan fingerprint density at radius 1 is 1.06 bits per heavy atom. The van der Waals surface area contributed by atoms with Crippen molar-refractivity contribution < 1.29 is 4.79 Å². The van der Waals surface area contributed by atoms with E-state index in [0.717, 1.165) is 42.1 Å². The molecule has 82 valence electrons. The normalized spacial score (nSPS) is 19.4. The van der Waals surface area contributed by atoms with E-state index in [1.165, 1.54) is 16.7 Å². The maximum Gasteiger partial charge on any atom is 0.159 e. The fourth-order valence-electron chi connectivity index (χ4n) is 2.73. The number of ketones is 1. The molecule has 0 aliphatic heterocycles. The second-order valence-corrected chi connectivity index (χ2v) is 5.48. The van der Waals surface area contributed by atoms with Crippen molar-refractivity contribution in [2.24, 2.45) is 0 Å². The van der Waals surface area contributed by atoms with Crippen LogP contribution in [0.25, 0.3) is 5.57 Å². The van der Waals surface area contributed by atoms with Crippen LogP contribution >= 0.6 is 15.9 Å². The second kappa shape index (κ2) is 3.85. The summed E-state index contributed by atoms with van der Waals surface area (Å²) in [6.45, 7) is 0. The van der Waals surface area contributed by atoms with Gasteiger partial charge in [-0.2, -0.15) is 0 Å². The Kier molecular flexibility index (Phi) is 2.47. The van der Waals surface area contributed by atoms with E-state index in [2.05, 4.69) is 34.1 Å². The standard InChI is InChI=1S/C14H13BrO/c15-10-6-5-9-7-13-11(12(9)8-10)3-1-2-4-14(13)16/h5-6,8H,1-4,7H2. The summed E-state index contributed by atoms with van der Waals surface area (Å²) in [6, 6.07) is 6.37. The smallest absolute Gasteiger partial charge is 0.159 e. The van der Waals surface area contributed by atoms with Crippen molar-refractivity contribution in [1.29, 1.82) is 0 Å². The Morgan fingerprint density at radius 3 is 2.75 bits per heavy atom. The third-order valence-corrected chi connectivity index (χ3v) is 4.04. The molecular formula is C14H13BrO. The van der Waals surface area contributed by atoms with E-state index in [1.807, 2.05) is 0 Å². The summed E-state index contributed by atoms with van der Waals surface area (Å²) in [5, 5.41) is 0. The molecule has 0 saturated carbocycles. The summed E-state index contributed by atoms with van der Waals surface area (Å²) in [7, 11) is 0. The van der Waals surface area contributed by atoms with E-state index in [9.17, 15) is 4.79 Å². The summed E-state index contributed by atoms with van der Waals surface area (Å²) in [5.41, 5.74) is 5.03. The third kappa shape index (κ3) is 1.56. The van der Waals surface area contributed by atoms with Crippen LogP contribution in [-0.4, -0.2) is 5.78 Å². The van der Waals surface area contributed by atoms with Gasteiger partial charge in [-0.05, 0) is 48.1 Å². The van der Waals surface area contributed by atoms with Crippen LogP contribution in [0, 0.1) is 0 Å². The molecule has 1 aromatic rings. The number of fused-ring (bicyclic) bond motifs is 2. The van der Waals surface area contributed by atoms with Crippen molar-refractivity contribution in [3.05, 3.63) is 39.4 Å². The lowest BCUT2D eigenvalue weighted by atomic mass is 10.0. The van der Waals surface area contributed by atoms with Crippen LogP contribution in [0.3, 0.4) is 0 Å². The number of rotatable bonds is 0. The number of hydrogen-bond donors (Lipinski definition) is 0. The maximum absolute atomic E-state index is 12.0. The van der Waals surface area contributed by atoms with E-state index in [1.54, 1.807) is 0 Å². The summed E-state index contributed by atoms with van der Waals surface area (Å²) in [6.07, 6.45) is 4.88. The van der Waals surface area contributed by atoms with Gasteiger partial charge in [-0.25, -0.2) is 0 Å². The second-order valence-electron chi connectivity index (χ2n) is 4.57. The zero-order chi connectivity index (χ0) is 11.1. The van der Waals surface area contributed by atoms with Gasteiger partial charge in [0, 0.05) is 22.9 Å². The van der Waals surface area contributed by atoms with Crippen molar-refractivity contribution in [2.45, 2.75) is 32.1 Å². The SMILES string of the molecule is O=C1CCCCC2=C1Cc1ccc(Br)cc12. The molecule has 0 spiro atoms.